The summed E-state index contributed by atoms with van der Waals surface area (Å²) in [5, 5.41) is 9.69. The average Bonchev–Trinajstić information content (AvgIpc) is 2.66. The van der Waals surface area contributed by atoms with Gasteiger partial charge in [-0.25, -0.2) is 4.39 Å². The lowest BCUT2D eigenvalue weighted by Gasteiger charge is -2.21. The molecule has 0 spiro atoms. The van der Waals surface area contributed by atoms with E-state index >= 15 is 0 Å². The molecule has 4 heteroatoms. The molecule has 0 saturated carbocycles. The standard InChI is InChI=1S/C15H20FNO2/c1-2-11-4-3-8-17(9-7-11)15(19)13-10-12(16)5-6-14(13)18/h5-6,10-11,18H,2-4,7-9H2,1H3. The normalized spacial score (nSPS) is 20.1. The fourth-order valence-corrected chi connectivity index (χ4v) is 2.63. The molecule has 19 heavy (non-hydrogen) atoms. The Balaban J connectivity index is 2.13. The molecule has 1 unspecified atom stereocenters. The zero-order valence-corrected chi connectivity index (χ0v) is 11.2. The second-order valence-corrected chi connectivity index (χ2v) is 5.16. The Morgan fingerprint density at radius 1 is 1.42 bits per heavy atom. The van der Waals surface area contributed by atoms with Crippen molar-refractivity contribution in [3.8, 4) is 5.75 Å². The zero-order chi connectivity index (χ0) is 13.8. The molecule has 1 fully saturated rings. The van der Waals surface area contributed by atoms with Crippen LogP contribution in [0.25, 0.3) is 0 Å². The summed E-state index contributed by atoms with van der Waals surface area (Å²) in [4.78, 5) is 14.0. The highest BCUT2D eigenvalue weighted by Gasteiger charge is 2.23. The summed E-state index contributed by atoms with van der Waals surface area (Å²) in [6, 6.07) is 3.50. The minimum atomic E-state index is -0.498. The smallest absolute Gasteiger partial charge is 0.257 e. The lowest BCUT2D eigenvalue weighted by molar-refractivity contribution is 0.0756. The number of phenolic OH excluding ortho intramolecular Hbond substituents is 1. The minimum absolute atomic E-state index is 0.0648. The monoisotopic (exact) mass is 265 g/mol. The van der Waals surface area contributed by atoms with Crippen molar-refractivity contribution in [2.75, 3.05) is 13.1 Å². The maximum absolute atomic E-state index is 13.2. The molecule has 104 valence electrons. The fourth-order valence-electron chi connectivity index (χ4n) is 2.63. The summed E-state index contributed by atoms with van der Waals surface area (Å²) >= 11 is 0. The van der Waals surface area contributed by atoms with Gasteiger partial charge in [-0.1, -0.05) is 13.3 Å². The number of rotatable bonds is 2. The van der Waals surface area contributed by atoms with Crippen molar-refractivity contribution < 1.29 is 14.3 Å². The van der Waals surface area contributed by atoms with E-state index in [1.807, 2.05) is 0 Å². The van der Waals surface area contributed by atoms with Gasteiger partial charge in [0.15, 0.2) is 0 Å². The quantitative estimate of drug-likeness (QED) is 0.892. The minimum Gasteiger partial charge on any atom is -0.507 e. The summed E-state index contributed by atoms with van der Waals surface area (Å²) in [5.74, 6) is -0.252. The summed E-state index contributed by atoms with van der Waals surface area (Å²) in [7, 11) is 0. The first-order valence-electron chi connectivity index (χ1n) is 6.89. The maximum Gasteiger partial charge on any atom is 0.257 e. The van der Waals surface area contributed by atoms with E-state index in [2.05, 4.69) is 6.92 Å². The van der Waals surface area contributed by atoms with E-state index < -0.39 is 5.82 Å². The van der Waals surface area contributed by atoms with Gasteiger partial charge in [-0.2, -0.15) is 0 Å². The number of hydrogen-bond acceptors (Lipinski definition) is 2. The third-order valence-corrected chi connectivity index (χ3v) is 3.90. The van der Waals surface area contributed by atoms with Gasteiger partial charge < -0.3 is 10.0 Å². The maximum atomic E-state index is 13.2. The molecule has 1 amide bonds. The molecule has 1 atom stereocenters. The molecule has 2 rings (SSSR count). The molecule has 1 saturated heterocycles. The number of carbonyl (C=O) groups excluding carboxylic acids is 1. The highest BCUT2D eigenvalue weighted by Crippen LogP contribution is 2.24. The van der Waals surface area contributed by atoms with Gasteiger partial charge in [0, 0.05) is 13.1 Å². The van der Waals surface area contributed by atoms with Crippen molar-refractivity contribution in [2.24, 2.45) is 5.92 Å². The van der Waals surface area contributed by atoms with Crippen LogP contribution in [-0.4, -0.2) is 29.0 Å². The molecule has 0 radical (unpaired) electrons. The molecule has 1 aromatic carbocycles. The largest absolute Gasteiger partial charge is 0.507 e. The summed E-state index contributed by atoms with van der Waals surface area (Å²) < 4.78 is 13.2. The van der Waals surface area contributed by atoms with Gasteiger partial charge in [0.1, 0.15) is 11.6 Å². The molecule has 0 aliphatic carbocycles. The molecule has 0 bridgehead atoms. The van der Waals surface area contributed by atoms with Gasteiger partial charge in [-0.3, -0.25) is 4.79 Å². The Labute approximate surface area is 113 Å². The van der Waals surface area contributed by atoms with Crippen LogP contribution in [0.4, 0.5) is 4.39 Å². The van der Waals surface area contributed by atoms with Crippen LogP contribution in [0.15, 0.2) is 18.2 Å². The Morgan fingerprint density at radius 3 is 2.95 bits per heavy atom. The van der Waals surface area contributed by atoms with E-state index in [1.54, 1.807) is 4.90 Å². The highest BCUT2D eigenvalue weighted by molar-refractivity contribution is 5.96. The van der Waals surface area contributed by atoms with Crippen LogP contribution in [0.5, 0.6) is 5.75 Å². The second kappa shape index (κ2) is 6.04. The van der Waals surface area contributed by atoms with Gasteiger partial charge in [-0.15, -0.1) is 0 Å². The lowest BCUT2D eigenvalue weighted by atomic mass is 9.98. The first kappa shape index (κ1) is 13.8. The Bertz CT molecular complexity index is 461. The van der Waals surface area contributed by atoms with E-state index in [0.29, 0.717) is 19.0 Å². The van der Waals surface area contributed by atoms with Crippen molar-refractivity contribution in [2.45, 2.75) is 32.6 Å². The van der Waals surface area contributed by atoms with Crippen LogP contribution in [0.1, 0.15) is 43.0 Å². The Morgan fingerprint density at radius 2 is 2.21 bits per heavy atom. The van der Waals surface area contributed by atoms with Crippen LogP contribution in [0, 0.1) is 11.7 Å². The molecular weight excluding hydrogens is 245 g/mol. The lowest BCUT2D eigenvalue weighted by Crippen LogP contribution is -2.32. The second-order valence-electron chi connectivity index (χ2n) is 5.16. The van der Waals surface area contributed by atoms with E-state index in [9.17, 15) is 14.3 Å². The number of aromatic hydroxyl groups is 1. The van der Waals surface area contributed by atoms with Crippen LogP contribution in [0.2, 0.25) is 0 Å². The van der Waals surface area contributed by atoms with E-state index in [1.165, 1.54) is 6.07 Å². The average molecular weight is 265 g/mol. The van der Waals surface area contributed by atoms with Crippen LogP contribution in [0.3, 0.4) is 0 Å². The first-order chi connectivity index (χ1) is 9.11. The Hall–Kier alpha value is -1.58. The summed E-state index contributed by atoms with van der Waals surface area (Å²) in [6.45, 7) is 3.54. The van der Waals surface area contributed by atoms with Crippen molar-refractivity contribution in [3.05, 3.63) is 29.6 Å². The van der Waals surface area contributed by atoms with Gasteiger partial charge >= 0.3 is 0 Å². The predicted octanol–water partition coefficient (Wildman–Crippen LogP) is 3.18. The van der Waals surface area contributed by atoms with E-state index in [-0.39, 0.29) is 17.2 Å². The molecule has 1 aliphatic heterocycles. The van der Waals surface area contributed by atoms with Gasteiger partial charge in [0.05, 0.1) is 5.56 Å². The van der Waals surface area contributed by atoms with E-state index in [0.717, 1.165) is 37.8 Å². The highest BCUT2D eigenvalue weighted by atomic mass is 19.1. The number of benzene rings is 1. The summed E-state index contributed by atoms with van der Waals surface area (Å²) in [6.07, 6.45) is 4.22. The number of amides is 1. The molecular formula is C15H20FNO2. The fraction of sp³-hybridized carbons (Fsp3) is 0.533. The van der Waals surface area contributed by atoms with Gasteiger partial charge in [0.25, 0.3) is 5.91 Å². The number of halogens is 1. The van der Waals surface area contributed by atoms with E-state index in [4.69, 9.17) is 0 Å². The van der Waals surface area contributed by atoms with Crippen molar-refractivity contribution in [1.82, 2.24) is 4.90 Å². The first-order valence-corrected chi connectivity index (χ1v) is 6.89. The van der Waals surface area contributed by atoms with Crippen LogP contribution < -0.4 is 0 Å². The van der Waals surface area contributed by atoms with Crippen molar-refractivity contribution >= 4 is 5.91 Å². The molecule has 3 nitrogen and oxygen atoms in total. The van der Waals surface area contributed by atoms with Crippen LogP contribution in [-0.2, 0) is 0 Å². The third-order valence-electron chi connectivity index (χ3n) is 3.90. The summed E-state index contributed by atoms with van der Waals surface area (Å²) in [5.41, 5.74) is 0.0648. The van der Waals surface area contributed by atoms with Crippen molar-refractivity contribution in [1.29, 1.82) is 0 Å². The molecule has 1 aliphatic rings. The van der Waals surface area contributed by atoms with Crippen molar-refractivity contribution in [3.63, 3.8) is 0 Å². The molecule has 1 aromatic rings. The number of carbonyl (C=O) groups is 1. The van der Waals surface area contributed by atoms with Gasteiger partial charge in [0.2, 0.25) is 0 Å². The predicted molar refractivity (Wildman–Crippen MR) is 71.6 cm³/mol. The SMILES string of the molecule is CCC1CCCN(C(=O)c2cc(F)ccc2O)CC1. The molecule has 1 heterocycles. The molecule has 1 N–H and O–H groups in total. The zero-order valence-electron chi connectivity index (χ0n) is 11.2. The topological polar surface area (TPSA) is 40.5 Å². The number of likely N-dealkylation sites (tertiary alicyclic amines) is 1. The number of phenols is 1. The van der Waals surface area contributed by atoms with Gasteiger partial charge in [-0.05, 0) is 43.4 Å². The number of nitrogens with zero attached hydrogens (tertiary/aromatic N) is 1. The Kier molecular flexibility index (Phi) is 4.40. The number of hydrogen-bond donors (Lipinski definition) is 1. The van der Waals surface area contributed by atoms with Crippen LogP contribution >= 0.6 is 0 Å². The molecule has 0 aromatic heterocycles. The third kappa shape index (κ3) is 3.25.